The molecule has 0 aliphatic carbocycles. The van der Waals surface area contributed by atoms with Gasteiger partial charge in [0.2, 0.25) is 0 Å². The van der Waals surface area contributed by atoms with E-state index in [0.29, 0.717) is 0 Å². The third-order valence-electron chi connectivity index (χ3n) is 3.93. The normalized spacial score (nSPS) is 12.8. The first-order valence-corrected chi connectivity index (χ1v) is 9.07. The molecule has 0 aromatic heterocycles. The smallest absolute Gasteiger partial charge is 0.0805 e. The second kappa shape index (κ2) is 17.0. The lowest BCUT2D eigenvalue weighted by Crippen LogP contribution is -2.18. The molecule has 0 spiro atoms. The number of hydrogen-bond donors (Lipinski definition) is 1. The molecule has 2 heteroatoms. The Labute approximate surface area is 127 Å². The van der Waals surface area contributed by atoms with Crippen molar-refractivity contribution in [3.8, 4) is 0 Å². The maximum Gasteiger partial charge on any atom is 0.0805 e. The number of ether oxygens (including phenoxy) is 1. The van der Waals surface area contributed by atoms with Crippen LogP contribution in [0.1, 0.15) is 97.3 Å². The molecule has 0 aliphatic rings. The number of unbranched alkanes of at least 4 members (excludes halogenated alkanes) is 10. The van der Waals surface area contributed by atoms with Crippen molar-refractivity contribution in [2.45, 2.75) is 103 Å². The van der Waals surface area contributed by atoms with Crippen molar-refractivity contribution in [2.24, 2.45) is 0 Å². The van der Waals surface area contributed by atoms with Crippen molar-refractivity contribution >= 4 is 0 Å². The number of rotatable bonds is 16. The van der Waals surface area contributed by atoms with E-state index >= 15 is 0 Å². The topological polar surface area (TPSA) is 29.5 Å². The van der Waals surface area contributed by atoms with E-state index in [1.54, 1.807) is 0 Å². The van der Waals surface area contributed by atoms with Gasteiger partial charge in [-0.15, -0.1) is 0 Å². The van der Waals surface area contributed by atoms with Gasteiger partial charge in [0.1, 0.15) is 0 Å². The molecule has 0 saturated carbocycles. The summed E-state index contributed by atoms with van der Waals surface area (Å²) in [6.07, 6.45) is 16.8. The summed E-state index contributed by atoms with van der Waals surface area (Å²) in [6, 6.07) is 0. The largest absolute Gasteiger partial charge is 0.394 e. The highest BCUT2D eigenvalue weighted by Gasteiger charge is 2.06. The second-order valence-corrected chi connectivity index (χ2v) is 6.00. The van der Waals surface area contributed by atoms with E-state index in [-0.39, 0.29) is 12.7 Å². The van der Waals surface area contributed by atoms with Gasteiger partial charge in [0.25, 0.3) is 0 Å². The average molecular weight is 286 g/mol. The van der Waals surface area contributed by atoms with Crippen LogP contribution in [-0.4, -0.2) is 24.4 Å². The minimum Gasteiger partial charge on any atom is -0.394 e. The third kappa shape index (κ3) is 14.3. The summed E-state index contributed by atoms with van der Waals surface area (Å²) in [5, 5.41) is 9.30. The van der Waals surface area contributed by atoms with Gasteiger partial charge in [-0.05, 0) is 12.8 Å². The number of aliphatic hydroxyl groups is 1. The third-order valence-corrected chi connectivity index (χ3v) is 3.93. The molecule has 20 heavy (non-hydrogen) atoms. The SMILES string of the molecule is CCCCCCCCCCC(CO)OCCCCCC. The molecule has 1 atom stereocenters. The highest BCUT2D eigenvalue weighted by atomic mass is 16.5. The summed E-state index contributed by atoms with van der Waals surface area (Å²) >= 11 is 0. The van der Waals surface area contributed by atoms with Crippen molar-refractivity contribution in [2.75, 3.05) is 13.2 Å². The van der Waals surface area contributed by atoms with E-state index < -0.39 is 0 Å². The Morgan fingerprint density at radius 3 is 1.75 bits per heavy atom. The minimum absolute atomic E-state index is 0.0803. The van der Waals surface area contributed by atoms with Crippen molar-refractivity contribution < 1.29 is 9.84 Å². The van der Waals surface area contributed by atoms with Crippen LogP contribution >= 0.6 is 0 Å². The van der Waals surface area contributed by atoms with E-state index in [9.17, 15) is 5.11 Å². The van der Waals surface area contributed by atoms with Gasteiger partial charge in [-0.25, -0.2) is 0 Å². The Balaban J connectivity index is 3.28. The molecule has 0 amide bonds. The van der Waals surface area contributed by atoms with Gasteiger partial charge in [0, 0.05) is 6.61 Å². The van der Waals surface area contributed by atoms with Gasteiger partial charge in [-0.2, -0.15) is 0 Å². The van der Waals surface area contributed by atoms with Gasteiger partial charge in [-0.1, -0.05) is 84.5 Å². The fourth-order valence-corrected chi connectivity index (χ4v) is 2.51. The molecule has 1 N–H and O–H groups in total. The fraction of sp³-hybridized carbons (Fsp3) is 1.00. The molecule has 0 rings (SSSR count). The van der Waals surface area contributed by atoms with E-state index in [1.807, 2.05) is 0 Å². The van der Waals surface area contributed by atoms with Crippen molar-refractivity contribution in [3.63, 3.8) is 0 Å². The monoisotopic (exact) mass is 286 g/mol. The number of hydrogen-bond acceptors (Lipinski definition) is 2. The predicted octanol–water partition coefficient (Wildman–Crippen LogP) is 5.48. The van der Waals surface area contributed by atoms with Crippen LogP contribution in [-0.2, 0) is 4.74 Å². The van der Waals surface area contributed by atoms with Gasteiger partial charge in [0.15, 0.2) is 0 Å². The minimum atomic E-state index is 0.0803. The first-order valence-electron chi connectivity index (χ1n) is 9.07. The average Bonchev–Trinajstić information content (AvgIpc) is 2.47. The quantitative estimate of drug-likeness (QED) is 0.381. The Bertz CT molecular complexity index is 171. The van der Waals surface area contributed by atoms with E-state index in [4.69, 9.17) is 4.74 Å². The highest BCUT2D eigenvalue weighted by molar-refractivity contribution is 4.57. The lowest BCUT2D eigenvalue weighted by Gasteiger charge is -2.15. The zero-order valence-corrected chi connectivity index (χ0v) is 14.0. The van der Waals surface area contributed by atoms with E-state index in [2.05, 4.69) is 13.8 Å². The molecule has 0 aliphatic heterocycles. The molecule has 122 valence electrons. The summed E-state index contributed by atoms with van der Waals surface area (Å²) in [5.74, 6) is 0. The summed E-state index contributed by atoms with van der Waals surface area (Å²) in [4.78, 5) is 0. The van der Waals surface area contributed by atoms with Gasteiger partial charge >= 0.3 is 0 Å². The van der Waals surface area contributed by atoms with Crippen molar-refractivity contribution in [1.29, 1.82) is 0 Å². The molecule has 1 unspecified atom stereocenters. The van der Waals surface area contributed by atoms with Crippen LogP contribution in [0.15, 0.2) is 0 Å². The van der Waals surface area contributed by atoms with E-state index in [0.717, 1.165) is 19.4 Å². The van der Waals surface area contributed by atoms with Gasteiger partial charge in [-0.3, -0.25) is 0 Å². The molecule has 0 aromatic carbocycles. The maximum atomic E-state index is 9.30. The molecule has 0 radical (unpaired) electrons. The molecule has 0 saturated heterocycles. The molecule has 2 nitrogen and oxygen atoms in total. The van der Waals surface area contributed by atoms with Crippen LogP contribution in [0.2, 0.25) is 0 Å². The lowest BCUT2D eigenvalue weighted by molar-refractivity contribution is 0.00500. The standard InChI is InChI=1S/C18H38O2/c1-3-5-7-9-10-11-12-13-15-18(17-19)20-16-14-8-6-4-2/h18-19H,3-17H2,1-2H3. The lowest BCUT2D eigenvalue weighted by atomic mass is 10.1. The summed E-state index contributed by atoms with van der Waals surface area (Å²) < 4.78 is 5.75. The molecular formula is C18H38O2. The van der Waals surface area contributed by atoms with Crippen molar-refractivity contribution in [3.05, 3.63) is 0 Å². The van der Waals surface area contributed by atoms with Crippen molar-refractivity contribution in [1.82, 2.24) is 0 Å². The van der Waals surface area contributed by atoms with Crippen LogP contribution in [0.25, 0.3) is 0 Å². The Hall–Kier alpha value is -0.0800. The summed E-state index contributed by atoms with van der Waals surface area (Å²) in [7, 11) is 0. The number of aliphatic hydroxyl groups excluding tert-OH is 1. The summed E-state index contributed by atoms with van der Waals surface area (Å²) in [6.45, 7) is 5.49. The maximum absolute atomic E-state index is 9.30. The Morgan fingerprint density at radius 1 is 0.700 bits per heavy atom. The first kappa shape index (κ1) is 19.9. The van der Waals surface area contributed by atoms with Crippen LogP contribution in [0.5, 0.6) is 0 Å². The Kier molecular flexibility index (Phi) is 16.9. The van der Waals surface area contributed by atoms with Crippen LogP contribution in [0.3, 0.4) is 0 Å². The van der Waals surface area contributed by atoms with Crippen LogP contribution in [0.4, 0.5) is 0 Å². The van der Waals surface area contributed by atoms with E-state index in [1.165, 1.54) is 70.6 Å². The molecule has 0 fully saturated rings. The first-order chi connectivity index (χ1) is 9.85. The van der Waals surface area contributed by atoms with Crippen LogP contribution < -0.4 is 0 Å². The zero-order chi connectivity index (χ0) is 14.9. The highest BCUT2D eigenvalue weighted by Crippen LogP contribution is 2.12. The fourth-order valence-electron chi connectivity index (χ4n) is 2.51. The van der Waals surface area contributed by atoms with Gasteiger partial charge in [0.05, 0.1) is 12.7 Å². The Morgan fingerprint density at radius 2 is 1.20 bits per heavy atom. The van der Waals surface area contributed by atoms with Crippen LogP contribution in [0, 0.1) is 0 Å². The molecule has 0 aromatic rings. The zero-order valence-electron chi connectivity index (χ0n) is 14.0. The molecular weight excluding hydrogens is 248 g/mol. The molecule has 0 heterocycles. The second-order valence-electron chi connectivity index (χ2n) is 6.00. The summed E-state index contributed by atoms with van der Waals surface area (Å²) in [5.41, 5.74) is 0. The van der Waals surface area contributed by atoms with Gasteiger partial charge < -0.3 is 9.84 Å². The molecule has 0 bridgehead atoms. The predicted molar refractivity (Wildman–Crippen MR) is 88.2 cm³/mol.